The quantitative estimate of drug-likeness (QED) is 0.502. The maximum Gasteiger partial charge on any atom is 0.417 e. The molecule has 1 spiro atoms. The van der Waals surface area contributed by atoms with E-state index in [0.29, 0.717) is 19.4 Å². The molecule has 5 rings (SSSR count). The number of aromatic nitrogens is 3. The van der Waals surface area contributed by atoms with Crippen LogP contribution in [0.25, 0.3) is 11.3 Å². The Morgan fingerprint density at radius 1 is 1.18 bits per heavy atom. The maximum atomic E-state index is 14.3. The van der Waals surface area contributed by atoms with Crippen molar-refractivity contribution in [3.05, 3.63) is 29.8 Å². The van der Waals surface area contributed by atoms with Gasteiger partial charge in [-0.15, -0.1) is 0 Å². The average Bonchev–Trinajstić information content (AvgIpc) is 3.45. The molecular weight excluding hydrogens is 510 g/mol. The molecule has 3 aliphatic rings. The molecule has 2 aromatic heterocycles. The van der Waals surface area contributed by atoms with E-state index >= 15 is 0 Å². The van der Waals surface area contributed by atoms with E-state index in [1.54, 1.807) is 4.90 Å². The number of aromatic amines is 1. The topological polar surface area (TPSA) is 120 Å². The molecule has 3 N–H and O–H groups in total. The summed E-state index contributed by atoms with van der Waals surface area (Å²) in [6.45, 7) is 0.383. The summed E-state index contributed by atoms with van der Waals surface area (Å²) in [5.74, 6) is -1.55. The lowest BCUT2D eigenvalue weighted by Crippen LogP contribution is -2.55. The van der Waals surface area contributed by atoms with E-state index in [9.17, 15) is 32.3 Å². The fourth-order valence-corrected chi connectivity index (χ4v) is 5.65. The second-order valence-corrected chi connectivity index (χ2v) is 10.6. The maximum absolute atomic E-state index is 14.3. The zero-order valence-corrected chi connectivity index (χ0v) is 20.8. The Labute approximate surface area is 215 Å². The first-order valence-corrected chi connectivity index (χ1v) is 12.6. The van der Waals surface area contributed by atoms with Gasteiger partial charge in [-0.2, -0.15) is 18.3 Å². The number of carbonyl (C=O) groups excluding carboxylic acids is 2. The number of hydrogen-bond donors (Lipinski definition) is 3. The van der Waals surface area contributed by atoms with E-state index in [1.165, 1.54) is 19.2 Å². The Morgan fingerprint density at radius 2 is 1.89 bits per heavy atom. The average molecular weight is 540 g/mol. The molecule has 0 aromatic carbocycles. The Morgan fingerprint density at radius 3 is 2.53 bits per heavy atom. The van der Waals surface area contributed by atoms with E-state index in [-0.39, 0.29) is 53.5 Å². The molecule has 3 fully saturated rings. The van der Waals surface area contributed by atoms with Gasteiger partial charge in [-0.3, -0.25) is 14.7 Å². The molecule has 2 amide bonds. The van der Waals surface area contributed by atoms with Gasteiger partial charge in [-0.05, 0) is 57.4 Å². The van der Waals surface area contributed by atoms with Gasteiger partial charge in [-0.25, -0.2) is 9.37 Å². The Hall–Kier alpha value is -3.22. The Balaban J connectivity index is 1.20. The van der Waals surface area contributed by atoms with Gasteiger partial charge in [0.05, 0.1) is 19.0 Å². The van der Waals surface area contributed by atoms with E-state index in [0.717, 1.165) is 19.0 Å². The van der Waals surface area contributed by atoms with Crippen molar-refractivity contribution in [2.45, 2.75) is 74.7 Å². The van der Waals surface area contributed by atoms with Crippen LogP contribution >= 0.6 is 0 Å². The number of nitrogens with zero attached hydrogens (tertiary/aromatic N) is 3. The van der Waals surface area contributed by atoms with E-state index in [1.807, 2.05) is 0 Å². The van der Waals surface area contributed by atoms with Crippen LogP contribution in [-0.2, 0) is 4.79 Å². The molecule has 2 aliphatic carbocycles. The summed E-state index contributed by atoms with van der Waals surface area (Å²) in [4.78, 5) is 31.7. The SMILES string of the molecule is COc1cc(-c2cc(C(=O)N3CC[C@H](NC(=O)C4CCC(O)(C(F)(F)F)CC4)CC34CC4)[nH]n2)c(F)cn1. The number of pyridine rings is 1. The lowest BCUT2D eigenvalue weighted by molar-refractivity contribution is -0.271. The summed E-state index contributed by atoms with van der Waals surface area (Å²) in [5.41, 5.74) is -2.54. The van der Waals surface area contributed by atoms with Gasteiger partial charge in [0.2, 0.25) is 11.8 Å². The summed E-state index contributed by atoms with van der Waals surface area (Å²) in [6.07, 6.45) is -2.16. The molecule has 206 valence electrons. The molecule has 1 aliphatic heterocycles. The molecule has 1 atom stereocenters. The Kier molecular flexibility index (Phi) is 6.60. The van der Waals surface area contributed by atoms with Gasteiger partial charge in [0.15, 0.2) is 11.4 Å². The smallest absolute Gasteiger partial charge is 0.417 e. The first kappa shape index (κ1) is 26.4. The first-order valence-electron chi connectivity index (χ1n) is 12.6. The number of methoxy groups -OCH3 is 1. The third-order valence-electron chi connectivity index (χ3n) is 8.15. The summed E-state index contributed by atoms with van der Waals surface area (Å²) < 4.78 is 58.5. The highest BCUT2D eigenvalue weighted by molar-refractivity contribution is 5.94. The summed E-state index contributed by atoms with van der Waals surface area (Å²) >= 11 is 0. The standard InChI is InChI=1S/C25H29F4N5O4/c1-38-20-10-16(17(26)13-30-20)18-11-19(33-32-18)22(36)34-9-4-15(12-23(34)7-8-23)31-21(35)14-2-5-24(37,6-3-14)25(27,28)29/h10-11,13-15,37H,2-9,12H2,1H3,(H,31,35)(H,32,33)/t14?,15-,24?/m0/s1. The predicted molar refractivity (Wildman–Crippen MR) is 125 cm³/mol. The highest BCUT2D eigenvalue weighted by Crippen LogP contribution is 2.49. The number of aliphatic hydroxyl groups is 1. The second-order valence-electron chi connectivity index (χ2n) is 10.6. The highest BCUT2D eigenvalue weighted by atomic mass is 19.4. The normalized spacial score (nSPS) is 26.7. The van der Waals surface area contributed by atoms with Crippen LogP contribution in [0, 0.1) is 11.7 Å². The minimum Gasteiger partial charge on any atom is -0.481 e. The number of H-pyrrole nitrogens is 1. The lowest BCUT2D eigenvalue weighted by Gasteiger charge is -2.41. The molecular formula is C25H29F4N5O4. The molecule has 3 heterocycles. The lowest BCUT2D eigenvalue weighted by atomic mass is 9.78. The summed E-state index contributed by atoms with van der Waals surface area (Å²) in [6, 6.07) is 2.68. The number of piperidine rings is 1. The van der Waals surface area contributed by atoms with Gasteiger partial charge in [0.25, 0.3) is 5.91 Å². The van der Waals surface area contributed by atoms with Crippen LogP contribution in [0.4, 0.5) is 17.6 Å². The van der Waals surface area contributed by atoms with Crippen LogP contribution in [0.5, 0.6) is 5.88 Å². The zero-order valence-electron chi connectivity index (χ0n) is 20.8. The molecule has 9 nitrogen and oxygen atoms in total. The van der Waals surface area contributed by atoms with Crippen molar-refractivity contribution in [2.24, 2.45) is 5.92 Å². The van der Waals surface area contributed by atoms with Crippen LogP contribution in [0.1, 0.15) is 61.9 Å². The number of halogens is 4. The van der Waals surface area contributed by atoms with Gasteiger partial charge >= 0.3 is 6.18 Å². The van der Waals surface area contributed by atoms with Crippen LogP contribution in [0.2, 0.25) is 0 Å². The largest absolute Gasteiger partial charge is 0.481 e. The van der Waals surface area contributed by atoms with Crippen LogP contribution in [0.3, 0.4) is 0 Å². The van der Waals surface area contributed by atoms with E-state index < -0.39 is 41.9 Å². The molecule has 38 heavy (non-hydrogen) atoms. The molecule has 1 saturated heterocycles. The number of amides is 2. The minimum atomic E-state index is -4.71. The molecule has 2 aromatic rings. The zero-order chi connectivity index (χ0) is 27.3. The first-order chi connectivity index (χ1) is 17.9. The van der Waals surface area contributed by atoms with Gasteiger partial charge < -0.3 is 20.1 Å². The fraction of sp³-hybridized carbons (Fsp3) is 0.600. The highest BCUT2D eigenvalue weighted by Gasteiger charge is 2.56. The van der Waals surface area contributed by atoms with Crippen molar-refractivity contribution in [2.75, 3.05) is 13.7 Å². The number of alkyl halides is 3. The molecule has 0 radical (unpaired) electrons. The molecule has 2 saturated carbocycles. The van der Waals surface area contributed by atoms with Crippen molar-refractivity contribution in [3.8, 4) is 17.1 Å². The van der Waals surface area contributed by atoms with E-state index in [4.69, 9.17) is 4.74 Å². The van der Waals surface area contributed by atoms with Crippen molar-refractivity contribution in [3.63, 3.8) is 0 Å². The third kappa shape index (κ3) is 4.83. The molecule has 13 heteroatoms. The molecule has 0 bridgehead atoms. The number of likely N-dealkylation sites (tertiary alicyclic amines) is 1. The number of carbonyl (C=O) groups is 2. The predicted octanol–water partition coefficient (Wildman–Crippen LogP) is 3.36. The monoisotopic (exact) mass is 539 g/mol. The van der Waals surface area contributed by atoms with Crippen LogP contribution in [0.15, 0.2) is 18.3 Å². The van der Waals surface area contributed by atoms with E-state index in [2.05, 4.69) is 20.5 Å². The van der Waals surface area contributed by atoms with Crippen molar-refractivity contribution in [1.29, 1.82) is 0 Å². The van der Waals surface area contributed by atoms with Crippen LogP contribution < -0.4 is 10.1 Å². The van der Waals surface area contributed by atoms with Gasteiger partial charge in [-0.1, -0.05) is 0 Å². The van der Waals surface area contributed by atoms with Crippen LogP contribution in [-0.4, -0.2) is 74.0 Å². The van der Waals surface area contributed by atoms with Gasteiger partial charge in [0.1, 0.15) is 5.69 Å². The fourth-order valence-electron chi connectivity index (χ4n) is 5.65. The number of rotatable bonds is 5. The number of nitrogens with one attached hydrogen (secondary N) is 2. The summed E-state index contributed by atoms with van der Waals surface area (Å²) in [7, 11) is 1.41. The van der Waals surface area contributed by atoms with Crippen molar-refractivity contribution >= 4 is 11.8 Å². The third-order valence-corrected chi connectivity index (χ3v) is 8.15. The second kappa shape index (κ2) is 9.51. The minimum absolute atomic E-state index is 0.0313. The van der Waals surface area contributed by atoms with Crippen molar-refractivity contribution < 1.29 is 37.0 Å². The summed E-state index contributed by atoms with van der Waals surface area (Å²) in [5, 5.41) is 19.6. The number of hydrogen-bond acceptors (Lipinski definition) is 6. The van der Waals surface area contributed by atoms with Crippen molar-refractivity contribution in [1.82, 2.24) is 25.4 Å². The van der Waals surface area contributed by atoms with Gasteiger partial charge in [0, 0.05) is 35.7 Å². The molecule has 0 unspecified atom stereocenters. The Bertz CT molecular complexity index is 1220. The number of ether oxygens (including phenoxy) is 1.